The smallest absolute Gasteiger partial charge is 0.344 e. The van der Waals surface area contributed by atoms with Gasteiger partial charge in [-0.1, -0.05) is 48.6 Å². The minimum Gasteiger partial charge on any atom is -0.393 e. The van der Waals surface area contributed by atoms with E-state index in [2.05, 4.69) is 9.97 Å². The van der Waals surface area contributed by atoms with Crippen molar-refractivity contribution in [3.05, 3.63) is 82.8 Å². The van der Waals surface area contributed by atoms with Crippen molar-refractivity contribution in [2.75, 3.05) is 0 Å². The van der Waals surface area contributed by atoms with Crippen LogP contribution in [0.5, 0.6) is 0 Å². The molecule has 0 spiro atoms. The number of nitrogens with one attached hydrogen (secondary N) is 1. The molecule has 0 aliphatic rings. The summed E-state index contributed by atoms with van der Waals surface area (Å²) in [6.07, 6.45) is 9.27. The lowest BCUT2D eigenvalue weighted by atomic mass is 10.00. The van der Waals surface area contributed by atoms with Gasteiger partial charge in [-0.25, -0.2) is 14.2 Å². The van der Waals surface area contributed by atoms with Crippen molar-refractivity contribution >= 4 is 6.08 Å². The molecule has 0 aliphatic heterocycles. The number of benzene rings is 2. The Balaban J connectivity index is 1.70. The number of nitrogens with zero attached hydrogens (tertiary/aromatic N) is 1. The van der Waals surface area contributed by atoms with Gasteiger partial charge in [0, 0.05) is 23.5 Å². The summed E-state index contributed by atoms with van der Waals surface area (Å²) in [6, 6.07) is 12.7. The van der Waals surface area contributed by atoms with Crippen molar-refractivity contribution in [3.8, 4) is 22.3 Å². The summed E-state index contributed by atoms with van der Waals surface area (Å²) in [5, 5.41) is 9.25. The number of H-pyrrole nitrogens is 1. The summed E-state index contributed by atoms with van der Waals surface area (Å²) in [4.78, 5) is 17.3. The molecule has 0 saturated heterocycles. The third-order valence-electron chi connectivity index (χ3n) is 4.50. The molecule has 1 heterocycles. The molecule has 0 aliphatic carbocycles. The number of aliphatic hydroxyl groups is 1. The molecular weight excluding hydrogens is 355 g/mol. The predicted octanol–water partition coefficient (Wildman–Crippen LogP) is 4.81. The summed E-state index contributed by atoms with van der Waals surface area (Å²) in [5.74, 6) is -0.274. The monoisotopic (exact) mass is 378 g/mol. The first-order valence-corrected chi connectivity index (χ1v) is 9.32. The van der Waals surface area contributed by atoms with E-state index in [1.54, 1.807) is 19.2 Å². The van der Waals surface area contributed by atoms with Gasteiger partial charge in [-0.15, -0.1) is 0 Å². The van der Waals surface area contributed by atoms with Crippen LogP contribution in [-0.2, 0) is 0 Å². The van der Waals surface area contributed by atoms with E-state index in [0.29, 0.717) is 5.56 Å². The summed E-state index contributed by atoms with van der Waals surface area (Å²) in [7, 11) is 0. The van der Waals surface area contributed by atoms with Crippen LogP contribution in [0.4, 0.5) is 4.39 Å². The Morgan fingerprint density at radius 3 is 2.54 bits per heavy atom. The lowest BCUT2D eigenvalue weighted by Gasteiger charge is -2.07. The van der Waals surface area contributed by atoms with Crippen LogP contribution in [0.2, 0.25) is 0 Å². The molecular formula is C23H23FN2O2. The van der Waals surface area contributed by atoms with Crippen LogP contribution in [0, 0.1) is 5.82 Å². The lowest BCUT2D eigenvalue weighted by molar-refractivity contribution is 0.182. The summed E-state index contributed by atoms with van der Waals surface area (Å²) >= 11 is 0. The van der Waals surface area contributed by atoms with Crippen LogP contribution in [0.1, 0.15) is 31.7 Å². The van der Waals surface area contributed by atoms with Gasteiger partial charge >= 0.3 is 5.69 Å². The number of unbranched alkanes of at least 4 members (excludes halogenated alkanes) is 1. The van der Waals surface area contributed by atoms with E-state index in [1.165, 1.54) is 12.3 Å². The Bertz CT molecular complexity index is 987. The van der Waals surface area contributed by atoms with Crippen molar-refractivity contribution in [1.29, 1.82) is 0 Å². The van der Waals surface area contributed by atoms with E-state index >= 15 is 0 Å². The average Bonchev–Trinajstić information content (AvgIpc) is 2.68. The Labute approximate surface area is 163 Å². The van der Waals surface area contributed by atoms with Gasteiger partial charge in [0.1, 0.15) is 5.82 Å². The fraction of sp³-hybridized carbons (Fsp3) is 0.217. The molecule has 3 aromatic rings. The van der Waals surface area contributed by atoms with Gasteiger partial charge < -0.3 is 10.1 Å². The van der Waals surface area contributed by atoms with Crippen LogP contribution in [0.3, 0.4) is 0 Å². The highest BCUT2D eigenvalue weighted by Gasteiger charge is 2.06. The second-order valence-corrected chi connectivity index (χ2v) is 6.81. The van der Waals surface area contributed by atoms with Gasteiger partial charge in [-0.3, -0.25) is 0 Å². The van der Waals surface area contributed by atoms with Crippen LogP contribution >= 0.6 is 0 Å². The van der Waals surface area contributed by atoms with Crippen molar-refractivity contribution in [2.45, 2.75) is 32.3 Å². The number of rotatable bonds is 7. The molecule has 0 amide bonds. The molecule has 0 radical (unpaired) electrons. The number of hydrogen-bond acceptors (Lipinski definition) is 3. The Morgan fingerprint density at radius 1 is 1.14 bits per heavy atom. The highest BCUT2D eigenvalue weighted by Crippen LogP contribution is 2.27. The second-order valence-electron chi connectivity index (χ2n) is 6.81. The molecule has 0 saturated carbocycles. The maximum Gasteiger partial charge on any atom is 0.344 e. The minimum absolute atomic E-state index is 0.274. The Morgan fingerprint density at radius 2 is 1.89 bits per heavy atom. The molecule has 0 fully saturated rings. The molecule has 1 unspecified atom stereocenters. The number of aromatic amines is 1. The van der Waals surface area contributed by atoms with Crippen molar-refractivity contribution in [3.63, 3.8) is 0 Å². The molecule has 0 bridgehead atoms. The summed E-state index contributed by atoms with van der Waals surface area (Å²) in [6.45, 7) is 1.78. The zero-order valence-corrected chi connectivity index (χ0v) is 15.7. The molecule has 144 valence electrons. The topological polar surface area (TPSA) is 66.0 Å². The van der Waals surface area contributed by atoms with Gasteiger partial charge in [0.25, 0.3) is 0 Å². The molecule has 2 N–H and O–H groups in total. The lowest BCUT2D eigenvalue weighted by Crippen LogP contribution is -2.07. The first-order valence-electron chi connectivity index (χ1n) is 9.32. The quantitative estimate of drug-likeness (QED) is 0.580. The van der Waals surface area contributed by atoms with E-state index < -0.39 is 0 Å². The first-order chi connectivity index (χ1) is 13.5. The van der Waals surface area contributed by atoms with Crippen LogP contribution in [0.15, 0.2) is 65.7 Å². The fourth-order valence-corrected chi connectivity index (χ4v) is 2.96. The van der Waals surface area contributed by atoms with Crippen molar-refractivity contribution in [1.82, 2.24) is 9.97 Å². The largest absolute Gasteiger partial charge is 0.393 e. The van der Waals surface area contributed by atoms with E-state index in [0.717, 1.165) is 41.5 Å². The van der Waals surface area contributed by atoms with Crippen LogP contribution < -0.4 is 5.69 Å². The number of aromatic nitrogens is 2. The van der Waals surface area contributed by atoms with E-state index in [1.807, 2.05) is 42.5 Å². The number of hydrogen-bond donors (Lipinski definition) is 2. The molecule has 3 rings (SSSR count). The average molecular weight is 378 g/mol. The zero-order chi connectivity index (χ0) is 19.9. The maximum atomic E-state index is 14.6. The molecule has 4 nitrogen and oxygen atoms in total. The van der Waals surface area contributed by atoms with Crippen LogP contribution in [0.25, 0.3) is 28.3 Å². The maximum absolute atomic E-state index is 14.6. The molecule has 28 heavy (non-hydrogen) atoms. The van der Waals surface area contributed by atoms with Gasteiger partial charge in [-0.05, 0) is 48.9 Å². The standard InChI is InChI=1S/C23H23FN2O2/c1-16(27)5-3-2-4-6-17-7-12-21(22(24)13-17)19-10-8-18(9-11-19)20-14-25-23(28)26-15-20/h4,6-16,27H,2-3,5H2,1H3,(H,25,26,28). The molecule has 1 atom stereocenters. The van der Waals surface area contributed by atoms with Crippen molar-refractivity contribution < 1.29 is 9.50 Å². The third kappa shape index (κ3) is 5.24. The van der Waals surface area contributed by atoms with Gasteiger partial charge in [-0.2, -0.15) is 0 Å². The zero-order valence-electron chi connectivity index (χ0n) is 15.7. The van der Waals surface area contributed by atoms with Gasteiger partial charge in [0.05, 0.1) is 6.10 Å². The minimum atomic E-state index is -0.389. The first kappa shape index (κ1) is 19.7. The van der Waals surface area contributed by atoms with E-state index in [9.17, 15) is 14.3 Å². The van der Waals surface area contributed by atoms with Crippen molar-refractivity contribution in [2.24, 2.45) is 0 Å². The Kier molecular flexibility index (Phi) is 6.50. The van der Waals surface area contributed by atoms with E-state index in [4.69, 9.17) is 0 Å². The second kappa shape index (κ2) is 9.24. The number of aliphatic hydroxyl groups excluding tert-OH is 1. The fourth-order valence-electron chi connectivity index (χ4n) is 2.96. The number of allylic oxidation sites excluding steroid dienone is 1. The van der Waals surface area contributed by atoms with Gasteiger partial charge in [0.15, 0.2) is 0 Å². The molecule has 5 heteroatoms. The molecule has 2 aromatic carbocycles. The Hall–Kier alpha value is -3.05. The third-order valence-corrected chi connectivity index (χ3v) is 4.50. The van der Waals surface area contributed by atoms with Gasteiger partial charge in [0.2, 0.25) is 0 Å². The van der Waals surface area contributed by atoms with E-state index in [-0.39, 0.29) is 17.6 Å². The normalized spacial score (nSPS) is 12.4. The highest BCUT2D eigenvalue weighted by molar-refractivity contribution is 5.71. The summed E-state index contributed by atoms with van der Waals surface area (Å²) < 4.78 is 14.6. The van der Waals surface area contributed by atoms with Crippen LogP contribution in [-0.4, -0.2) is 21.2 Å². The summed E-state index contributed by atoms with van der Waals surface area (Å²) in [5.41, 5.74) is 3.43. The molecule has 1 aromatic heterocycles. The number of halogens is 1. The predicted molar refractivity (Wildman–Crippen MR) is 110 cm³/mol. The highest BCUT2D eigenvalue weighted by atomic mass is 19.1. The SMILES string of the molecule is CC(O)CCCC=Cc1ccc(-c2ccc(-c3cnc(=O)[nH]c3)cc2)c(F)c1.